The summed E-state index contributed by atoms with van der Waals surface area (Å²) in [5.74, 6) is -1.46. The van der Waals surface area contributed by atoms with Gasteiger partial charge in [-0.1, -0.05) is 30.3 Å². The Morgan fingerprint density at radius 1 is 0.857 bits per heavy atom. The molecule has 2 aromatic rings. The van der Waals surface area contributed by atoms with E-state index in [0.29, 0.717) is 16.9 Å². The quantitative estimate of drug-likeness (QED) is 0.539. The smallest absolute Gasteiger partial charge is 0.307 e. The molecule has 1 atom stereocenters. The summed E-state index contributed by atoms with van der Waals surface area (Å²) in [5, 5.41) is 5.24. The highest BCUT2D eigenvalue weighted by Gasteiger charge is 2.19. The number of amides is 2. The minimum Gasteiger partial charge on any atom is -0.453 e. The number of nitrogens with one attached hydrogen (secondary N) is 2. The largest absolute Gasteiger partial charge is 0.453 e. The fourth-order valence-electron chi connectivity index (χ4n) is 2.38. The van der Waals surface area contributed by atoms with Crippen molar-refractivity contribution in [1.82, 2.24) is 0 Å². The predicted molar refractivity (Wildman–Crippen MR) is 105 cm³/mol. The Hall–Kier alpha value is -3.48. The lowest BCUT2D eigenvalue weighted by Crippen LogP contribution is -2.30. The summed E-state index contributed by atoms with van der Waals surface area (Å²) in [5.41, 5.74) is 1.64. The van der Waals surface area contributed by atoms with E-state index >= 15 is 0 Å². The first-order valence-corrected chi connectivity index (χ1v) is 8.81. The van der Waals surface area contributed by atoms with Gasteiger partial charge < -0.3 is 15.4 Å². The number of ether oxygens (including phenoxy) is 1. The van der Waals surface area contributed by atoms with E-state index in [4.69, 9.17) is 4.74 Å². The van der Waals surface area contributed by atoms with Gasteiger partial charge in [-0.15, -0.1) is 0 Å². The van der Waals surface area contributed by atoms with Gasteiger partial charge in [0.2, 0.25) is 5.91 Å². The zero-order valence-electron chi connectivity index (χ0n) is 15.7. The summed E-state index contributed by atoms with van der Waals surface area (Å²) in [4.78, 5) is 47.0. The minimum absolute atomic E-state index is 0.0157. The summed E-state index contributed by atoms with van der Waals surface area (Å²) >= 11 is 0. The molecular weight excluding hydrogens is 360 g/mol. The van der Waals surface area contributed by atoms with Gasteiger partial charge in [0.05, 0.1) is 6.42 Å². The van der Waals surface area contributed by atoms with Gasteiger partial charge in [-0.3, -0.25) is 19.2 Å². The molecule has 0 saturated carbocycles. The van der Waals surface area contributed by atoms with Crippen molar-refractivity contribution in [3.63, 3.8) is 0 Å². The van der Waals surface area contributed by atoms with Crippen molar-refractivity contribution in [3.05, 3.63) is 60.2 Å². The Bertz CT molecular complexity index is 847. The second-order valence-corrected chi connectivity index (χ2v) is 6.17. The third-order valence-electron chi connectivity index (χ3n) is 3.80. The van der Waals surface area contributed by atoms with E-state index in [0.717, 1.165) is 0 Å². The SMILES string of the molecule is CC(=O)Nc1ccc(NC(=O)[C@H](C)OC(=O)CCC(=O)c2ccccc2)cc1. The maximum absolute atomic E-state index is 12.1. The van der Waals surface area contributed by atoms with Crippen molar-refractivity contribution < 1.29 is 23.9 Å². The third-order valence-corrected chi connectivity index (χ3v) is 3.80. The van der Waals surface area contributed by atoms with Crippen molar-refractivity contribution in [1.29, 1.82) is 0 Å². The molecule has 0 aromatic heterocycles. The van der Waals surface area contributed by atoms with E-state index in [9.17, 15) is 19.2 Å². The van der Waals surface area contributed by atoms with E-state index in [1.807, 2.05) is 0 Å². The van der Waals surface area contributed by atoms with Crippen LogP contribution in [0.2, 0.25) is 0 Å². The number of Topliss-reactive ketones (excluding diaryl/α,β-unsaturated/α-hetero) is 1. The standard InChI is InChI=1S/C21H22N2O5/c1-14(21(27)23-18-10-8-17(9-11-18)22-15(2)24)28-20(26)13-12-19(25)16-6-4-3-5-7-16/h3-11,14H,12-13H2,1-2H3,(H,22,24)(H,23,27)/t14-/m0/s1. The molecule has 0 aliphatic rings. The Morgan fingerprint density at radius 3 is 2.00 bits per heavy atom. The van der Waals surface area contributed by atoms with Gasteiger partial charge in [0.25, 0.3) is 5.91 Å². The Kier molecular flexibility index (Phi) is 7.45. The van der Waals surface area contributed by atoms with Crippen LogP contribution in [-0.2, 0) is 19.1 Å². The van der Waals surface area contributed by atoms with Crippen LogP contribution >= 0.6 is 0 Å². The molecule has 28 heavy (non-hydrogen) atoms. The Balaban J connectivity index is 1.78. The number of hydrogen-bond donors (Lipinski definition) is 2. The van der Waals surface area contributed by atoms with E-state index in [1.165, 1.54) is 13.8 Å². The second-order valence-electron chi connectivity index (χ2n) is 6.17. The van der Waals surface area contributed by atoms with Crippen molar-refractivity contribution in [3.8, 4) is 0 Å². The van der Waals surface area contributed by atoms with Gasteiger partial charge in [-0.2, -0.15) is 0 Å². The highest BCUT2D eigenvalue weighted by atomic mass is 16.5. The minimum atomic E-state index is -1.01. The van der Waals surface area contributed by atoms with E-state index in [2.05, 4.69) is 10.6 Å². The average molecular weight is 382 g/mol. The molecule has 2 N–H and O–H groups in total. The molecule has 2 rings (SSSR count). The molecule has 0 spiro atoms. The molecule has 0 heterocycles. The fraction of sp³-hybridized carbons (Fsp3) is 0.238. The molecule has 0 radical (unpaired) electrons. The monoisotopic (exact) mass is 382 g/mol. The lowest BCUT2D eigenvalue weighted by molar-refractivity contribution is -0.153. The number of ketones is 1. The maximum atomic E-state index is 12.1. The molecule has 0 saturated heterocycles. The molecule has 2 aromatic carbocycles. The van der Waals surface area contributed by atoms with Crippen LogP contribution < -0.4 is 10.6 Å². The first-order chi connectivity index (χ1) is 13.3. The molecule has 2 amide bonds. The zero-order chi connectivity index (χ0) is 20.5. The Morgan fingerprint density at radius 2 is 1.43 bits per heavy atom. The fourth-order valence-corrected chi connectivity index (χ4v) is 2.38. The number of hydrogen-bond acceptors (Lipinski definition) is 5. The number of carbonyl (C=O) groups is 4. The molecule has 146 valence electrons. The third kappa shape index (κ3) is 6.68. The summed E-state index contributed by atoms with van der Waals surface area (Å²) in [6.07, 6.45) is -1.09. The first kappa shape index (κ1) is 20.8. The molecule has 0 aliphatic carbocycles. The lowest BCUT2D eigenvalue weighted by atomic mass is 10.1. The number of carbonyl (C=O) groups excluding carboxylic acids is 4. The van der Waals surface area contributed by atoms with Crippen molar-refractivity contribution in [2.75, 3.05) is 10.6 Å². The molecule has 0 unspecified atom stereocenters. The number of rotatable bonds is 8. The number of benzene rings is 2. The van der Waals surface area contributed by atoms with Gasteiger partial charge in [-0.25, -0.2) is 0 Å². The summed E-state index contributed by atoms with van der Waals surface area (Å²) in [7, 11) is 0. The molecule has 7 nitrogen and oxygen atoms in total. The average Bonchev–Trinajstić information content (AvgIpc) is 2.67. The van der Waals surface area contributed by atoms with Crippen LogP contribution in [0.15, 0.2) is 54.6 Å². The van der Waals surface area contributed by atoms with Gasteiger partial charge in [0.15, 0.2) is 11.9 Å². The number of anilines is 2. The van der Waals surface area contributed by atoms with E-state index in [-0.39, 0.29) is 24.5 Å². The van der Waals surface area contributed by atoms with Crippen molar-refractivity contribution in [2.24, 2.45) is 0 Å². The van der Waals surface area contributed by atoms with E-state index in [1.54, 1.807) is 54.6 Å². The second kappa shape index (κ2) is 10.0. The van der Waals surface area contributed by atoms with Gasteiger partial charge >= 0.3 is 5.97 Å². The van der Waals surface area contributed by atoms with Crippen LogP contribution in [0.3, 0.4) is 0 Å². The summed E-state index contributed by atoms with van der Waals surface area (Å²) < 4.78 is 5.09. The highest BCUT2D eigenvalue weighted by molar-refractivity contribution is 5.98. The highest BCUT2D eigenvalue weighted by Crippen LogP contribution is 2.14. The molecule has 7 heteroatoms. The number of esters is 1. The van der Waals surface area contributed by atoms with Gasteiger partial charge in [0, 0.05) is 30.3 Å². The summed E-state index contributed by atoms with van der Waals surface area (Å²) in [6, 6.07) is 15.2. The predicted octanol–water partition coefficient (Wildman–Crippen LogP) is 3.18. The van der Waals surface area contributed by atoms with Crippen LogP contribution in [0.1, 0.15) is 37.0 Å². The van der Waals surface area contributed by atoms with Crippen LogP contribution in [0.4, 0.5) is 11.4 Å². The van der Waals surface area contributed by atoms with Crippen LogP contribution in [0, 0.1) is 0 Å². The van der Waals surface area contributed by atoms with Crippen molar-refractivity contribution in [2.45, 2.75) is 32.8 Å². The zero-order valence-corrected chi connectivity index (χ0v) is 15.7. The first-order valence-electron chi connectivity index (χ1n) is 8.81. The maximum Gasteiger partial charge on any atom is 0.307 e. The summed E-state index contributed by atoms with van der Waals surface area (Å²) in [6.45, 7) is 2.86. The molecular formula is C21H22N2O5. The van der Waals surface area contributed by atoms with Gasteiger partial charge in [0.1, 0.15) is 0 Å². The Labute approximate surface area is 163 Å². The normalized spacial score (nSPS) is 11.2. The molecule has 0 bridgehead atoms. The van der Waals surface area contributed by atoms with E-state index < -0.39 is 18.0 Å². The van der Waals surface area contributed by atoms with Crippen LogP contribution in [0.5, 0.6) is 0 Å². The van der Waals surface area contributed by atoms with Crippen molar-refractivity contribution >= 4 is 34.9 Å². The lowest BCUT2D eigenvalue weighted by Gasteiger charge is -2.14. The molecule has 0 aliphatic heterocycles. The van der Waals surface area contributed by atoms with Gasteiger partial charge in [-0.05, 0) is 31.2 Å². The molecule has 0 fully saturated rings. The topological polar surface area (TPSA) is 102 Å². The van der Waals surface area contributed by atoms with Crippen LogP contribution in [-0.4, -0.2) is 29.7 Å². The van der Waals surface area contributed by atoms with Crippen LogP contribution in [0.25, 0.3) is 0 Å².